The number of rotatable bonds is 5. The molecule has 0 amide bonds. The Labute approximate surface area is 99.0 Å². The summed E-state index contributed by atoms with van der Waals surface area (Å²) in [6, 6.07) is 4.93. The van der Waals surface area contributed by atoms with Gasteiger partial charge in [0.15, 0.2) is 0 Å². The molecule has 84 valence electrons. The van der Waals surface area contributed by atoms with Gasteiger partial charge in [0.25, 0.3) is 0 Å². The summed E-state index contributed by atoms with van der Waals surface area (Å²) in [5, 5.41) is 13.3. The molecule has 15 heavy (non-hydrogen) atoms. The van der Waals surface area contributed by atoms with E-state index in [1.807, 2.05) is 0 Å². The van der Waals surface area contributed by atoms with Crippen LogP contribution in [0.1, 0.15) is 0 Å². The average molecular weight is 250 g/mol. The van der Waals surface area contributed by atoms with Gasteiger partial charge >= 0.3 is 0 Å². The van der Waals surface area contributed by atoms with E-state index >= 15 is 0 Å². The summed E-state index contributed by atoms with van der Waals surface area (Å²) in [5.74, 6) is 0.558. The van der Waals surface area contributed by atoms with Crippen molar-refractivity contribution in [3.8, 4) is 5.75 Å². The quantitative estimate of drug-likeness (QED) is 0.839. The Balaban J connectivity index is 2.50. The lowest BCUT2D eigenvalue weighted by atomic mass is 10.3. The molecule has 5 heteroatoms. The van der Waals surface area contributed by atoms with Crippen molar-refractivity contribution in [2.75, 3.05) is 20.2 Å². The highest BCUT2D eigenvalue weighted by Gasteiger charge is 2.04. The standard InChI is InChI=1S/C10H13Cl2NO2/c1-13-5-9(14)6-15-10-3-7(11)2-8(12)4-10/h2-4,9,13-14H,5-6H2,1H3. The third-order valence-corrected chi connectivity index (χ3v) is 2.15. The van der Waals surface area contributed by atoms with E-state index in [1.165, 1.54) is 0 Å². The third kappa shape index (κ3) is 4.71. The Morgan fingerprint density at radius 1 is 1.33 bits per heavy atom. The first kappa shape index (κ1) is 12.6. The molecule has 1 aromatic carbocycles. The fraction of sp³-hybridized carbons (Fsp3) is 0.400. The summed E-state index contributed by atoms with van der Waals surface area (Å²) >= 11 is 11.6. The molecule has 2 N–H and O–H groups in total. The molecule has 0 saturated carbocycles. The number of hydrogen-bond donors (Lipinski definition) is 2. The van der Waals surface area contributed by atoms with Crippen molar-refractivity contribution in [2.45, 2.75) is 6.10 Å². The second-order valence-electron chi connectivity index (χ2n) is 3.13. The number of aliphatic hydroxyl groups is 1. The lowest BCUT2D eigenvalue weighted by molar-refractivity contribution is 0.108. The van der Waals surface area contributed by atoms with Crippen LogP contribution in [0.4, 0.5) is 0 Å². The zero-order chi connectivity index (χ0) is 11.3. The molecule has 1 atom stereocenters. The highest BCUT2D eigenvalue weighted by Crippen LogP contribution is 2.24. The zero-order valence-electron chi connectivity index (χ0n) is 8.34. The van der Waals surface area contributed by atoms with Crippen LogP contribution in [0.25, 0.3) is 0 Å². The topological polar surface area (TPSA) is 41.5 Å². The van der Waals surface area contributed by atoms with Gasteiger partial charge in [-0.1, -0.05) is 23.2 Å². The van der Waals surface area contributed by atoms with Gasteiger partial charge in [-0.25, -0.2) is 0 Å². The predicted octanol–water partition coefficient (Wildman–Crippen LogP) is 1.95. The summed E-state index contributed by atoms with van der Waals surface area (Å²) in [5.41, 5.74) is 0. The maximum Gasteiger partial charge on any atom is 0.122 e. The Morgan fingerprint density at radius 3 is 2.47 bits per heavy atom. The number of nitrogens with one attached hydrogen (secondary N) is 1. The Bertz CT molecular complexity index is 300. The number of likely N-dealkylation sites (N-methyl/N-ethyl adjacent to an activating group) is 1. The van der Waals surface area contributed by atoms with Crippen molar-refractivity contribution in [3.05, 3.63) is 28.2 Å². The average Bonchev–Trinajstić information content (AvgIpc) is 2.14. The third-order valence-electron chi connectivity index (χ3n) is 1.72. The van der Waals surface area contributed by atoms with E-state index in [1.54, 1.807) is 25.2 Å². The minimum atomic E-state index is -0.548. The van der Waals surface area contributed by atoms with Crippen LogP contribution in [0.3, 0.4) is 0 Å². The minimum Gasteiger partial charge on any atom is -0.491 e. The smallest absolute Gasteiger partial charge is 0.122 e. The van der Waals surface area contributed by atoms with Crippen LogP contribution in [0.15, 0.2) is 18.2 Å². The van der Waals surface area contributed by atoms with Crippen LogP contribution in [0.5, 0.6) is 5.75 Å². The maximum absolute atomic E-state index is 9.40. The summed E-state index contributed by atoms with van der Waals surface area (Å²) < 4.78 is 5.32. The zero-order valence-corrected chi connectivity index (χ0v) is 9.85. The molecule has 0 saturated heterocycles. The van der Waals surface area contributed by atoms with Crippen molar-refractivity contribution in [1.29, 1.82) is 0 Å². The largest absolute Gasteiger partial charge is 0.491 e. The second-order valence-corrected chi connectivity index (χ2v) is 4.00. The monoisotopic (exact) mass is 249 g/mol. The minimum absolute atomic E-state index is 0.206. The Hall–Kier alpha value is -0.480. The molecule has 0 spiro atoms. The molecule has 3 nitrogen and oxygen atoms in total. The molecule has 0 aliphatic carbocycles. The van der Waals surface area contributed by atoms with Gasteiger partial charge in [-0.05, 0) is 25.2 Å². The first-order valence-corrected chi connectivity index (χ1v) is 5.29. The van der Waals surface area contributed by atoms with Gasteiger partial charge in [0.05, 0.1) is 0 Å². The molecular weight excluding hydrogens is 237 g/mol. The molecule has 0 bridgehead atoms. The van der Waals surface area contributed by atoms with Gasteiger partial charge in [-0.3, -0.25) is 0 Å². The summed E-state index contributed by atoms with van der Waals surface area (Å²) in [6.45, 7) is 0.686. The molecule has 0 heterocycles. The van der Waals surface area contributed by atoms with E-state index in [4.69, 9.17) is 27.9 Å². The van der Waals surface area contributed by atoms with Crippen LogP contribution < -0.4 is 10.1 Å². The second kappa shape index (κ2) is 6.18. The SMILES string of the molecule is CNCC(O)COc1cc(Cl)cc(Cl)c1. The number of benzene rings is 1. The van der Waals surface area contributed by atoms with Gasteiger partial charge in [0, 0.05) is 16.6 Å². The fourth-order valence-electron chi connectivity index (χ4n) is 1.10. The van der Waals surface area contributed by atoms with E-state index in [9.17, 15) is 5.11 Å². The van der Waals surface area contributed by atoms with E-state index in [0.717, 1.165) is 0 Å². The van der Waals surface area contributed by atoms with E-state index in [0.29, 0.717) is 22.3 Å². The first-order chi connectivity index (χ1) is 7.11. The molecule has 0 fully saturated rings. The van der Waals surface area contributed by atoms with E-state index < -0.39 is 6.10 Å². The predicted molar refractivity (Wildman–Crippen MR) is 61.9 cm³/mol. The van der Waals surface area contributed by atoms with Gasteiger partial charge in [0.2, 0.25) is 0 Å². The molecule has 0 aliphatic heterocycles. The van der Waals surface area contributed by atoms with Crippen LogP contribution in [0.2, 0.25) is 10.0 Å². The molecule has 0 radical (unpaired) electrons. The van der Waals surface area contributed by atoms with E-state index in [2.05, 4.69) is 5.32 Å². The Morgan fingerprint density at radius 2 is 1.93 bits per heavy atom. The van der Waals surface area contributed by atoms with Crippen LogP contribution in [0, 0.1) is 0 Å². The summed E-state index contributed by atoms with van der Waals surface area (Å²) in [6.07, 6.45) is -0.548. The van der Waals surface area contributed by atoms with Crippen LogP contribution in [-0.2, 0) is 0 Å². The molecule has 0 aromatic heterocycles. The van der Waals surface area contributed by atoms with Crippen LogP contribution >= 0.6 is 23.2 Å². The molecule has 1 unspecified atom stereocenters. The fourth-order valence-corrected chi connectivity index (χ4v) is 1.60. The highest BCUT2D eigenvalue weighted by molar-refractivity contribution is 6.34. The first-order valence-electron chi connectivity index (χ1n) is 4.53. The van der Waals surface area contributed by atoms with Crippen molar-refractivity contribution in [1.82, 2.24) is 5.32 Å². The summed E-state index contributed by atoms with van der Waals surface area (Å²) in [4.78, 5) is 0. The number of hydrogen-bond acceptors (Lipinski definition) is 3. The van der Waals surface area contributed by atoms with Crippen molar-refractivity contribution in [2.24, 2.45) is 0 Å². The molecule has 0 aliphatic rings. The van der Waals surface area contributed by atoms with Gasteiger partial charge in [-0.2, -0.15) is 0 Å². The molecular formula is C10H13Cl2NO2. The molecule has 1 aromatic rings. The Kier molecular flexibility index (Phi) is 5.19. The van der Waals surface area contributed by atoms with Gasteiger partial charge < -0.3 is 15.2 Å². The van der Waals surface area contributed by atoms with Crippen molar-refractivity contribution in [3.63, 3.8) is 0 Å². The lowest BCUT2D eigenvalue weighted by Gasteiger charge is -2.12. The van der Waals surface area contributed by atoms with Gasteiger partial charge in [-0.15, -0.1) is 0 Å². The van der Waals surface area contributed by atoms with Gasteiger partial charge in [0.1, 0.15) is 18.5 Å². The number of halogens is 2. The van der Waals surface area contributed by atoms with Crippen LogP contribution in [-0.4, -0.2) is 31.4 Å². The highest BCUT2D eigenvalue weighted by atomic mass is 35.5. The lowest BCUT2D eigenvalue weighted by Crippen LogP contribution is -2.29. The summed E-state index contributed by atoms with van der Waals surface area (Å²) in [7, 11) is 1.76. The van der Waals surface area contributed by atoms with Crippen molar-refractivity contribution < 1.29 is 9.84 Å². The maximum atomic E-state index is 9.40. The molecule has 1 rings (SSSR count). The number of aliphatic hydroxyl groups excluding tert-OH is 1. The normalized spacial score (nSPS) is 12.5. The number of ether oxygens (including phenoxy) is 1. The van der Waals surface area contributed by atoms with E-state index in [-0.39, 0.29) is 6.61 Å². The van der Waals surface area contributed by atoms with Crippen molar-refractivity contribution >= 4 is 23.2 Å².